The summed E-state index contributed by atoms with van der Waals surface area (Å²) < 4.78 is 1.08. The van der Waals surface area contributed by atoms with E-state index >= 15 is 0 Å². The van der Waals surface area contributed by atoms with Crippen molar-refractivity contribution in [3.05, 3.63) is 33.8 Å². The van der Waals surface area contributed by atoms with Crippen molar-refractivity contribution in [2.45, 2.75) is 25.9 Å². The predicted octanol–water partition coefficient (Wildman–Crippen LogP) is 2.10. The van der Waals surface area contributed by atoms with Crippen LogP contribution in [-0.4, -0.2) is 6.04 Å². The number of rotatable bonds is 2. The van der Waals surface area contributed by atoms with Crippen LogP contribution < -0.4 is 11.5 Å². The van der Waals surface area contributed by atoms with Crippen LogP contribution in [0.3, 0.4) is 0 Å². The van der Waals surface area contributed by atoms with E-state index in [2.05, 4.69) is 15.9 Å². The lowest BCUT2D eigenvalue weighted by Gasteiger charge is -2.16. The molecule has 0 radical (unpaired) electrons. The highest BCUT2D eigenvalue weighted by atomic mass is 79.9. The van der Waals surface area contributed by atoms with Gasteiger partial charge in [-0.3, -0.25) is 0 Å². The van der Waals surface area contributed by atoms with Gasteiger partial charge in [-0.2, -0.15) is 0 Å². The van der Waals surface area contributed by atoms with Crippen LogP contribution in [0.5, 0.6) is 0 Å². The monoisotopic (exact) mass is 242 g/mol. The predicted molar refractivity (Wildman–Crippen MR) is 59.5 cm³/mol. The number of aryl methyl sites for hydroxylation is 1. The topological polar surface area (TPSA) is 52.0 Å². The van der Waals surface area contributed by atoms with Crippen LogP contribution in [-0.2, 0) is 0 Å². The molecule has 1 aromatic carbocycles. The molecule has 0 saturated carbocycles. The maximum Gasteiger partial charge on any atom is 0.0446 e. The van der Waals surface area contributed by atoms with E-state index in [1.165, 1.54) is 5.56 Å². The third-order valence-electron chi connectivity index (χ3n) is 2.15. The van der Waals surface area contributed by atoms with E-state index in [0.29, 0.717) is 0 Å². The Labute approximate surface area is 87.4 Å². The minimum Gasteiger partial charge on any atom is -0.326 e. The maximum absolute atomic E-state index is 5.91. The lowest BCUT2D eigenvalue weighted by Crippen LogP contribution is -2.31. The van der Waals surface area contributed by atoms with Gasteiger partial charge in [-0.05, 0) is 31.0 Å². The van der Waals surface area contributed by atoms with Gasteiger partial charge in [0.05, 0.1) is 0 Å². The number of hydrogen-bond acceptors (Lipinski definition) is 2. The second-order valence-electron chi connectivity index (χ2n) is 3.39. The molecule has 0 aliphatic rings. The molecule has 0 bridgehead atoms. The summed E-state index contributed by atoms with van der Waals surface area (Å²) in [7, 11) is 0. The lowest BCUT2D eigenvalue weighted by molar-refractivity contribution is 0.589. The highest BCUT2D eigenvalue weighted by Crippen LogP contribution is 2.21. The molecule has 2 atom stereocenters. The Balaban J connectivity index is 2.97. The fourth-order valence-electron chi connectivity index (χ4n) is 1.12. The molecule has 3 heteroatoms. The van der Waals surface area contributed by atoms with Crippen LogP contribution in [0.1, 0.15) is 24.1 Å². The first kappa shape index (κ1) is 10.7. The van der Waals surface area contributed by atoms with Gasteiger partial charge in [0.15, 0.2) is 0 Å². The molecular weight excluding hydrogens is 228 g/mol. The van der Waals surface area contributed by atoms with Crippen LogP contribution in [0.4, 0.5) is 0 Å². The zero-order valence-corrected chi connectivity index (χ0v) is 9.51. The van der Waals surface area contributed by atoms with Gasteiger partial charge in [-0.25, -0.2) is 0 Å². The third-order valence-corrected chi connectivity index (χ3v) is 3.00. The van der Waals surface area contributed by atoms with Crippen LogP contribution in [0, 0.1) is 6.92 Å². The highest BCUT2D eigenvalue weighted by Gasteiger charge is 2.10. The number of benzene rings is 1. The molecule has 2 nitrogen and oxygen atoms in total. The Hall–Kier alpha value is -0.380. The van der Waals surface area contributed by atoms with Crippen LogP contribution in [0.25, 0.3) is 0 Å². The molecule has 0 heterocycles. The summed E-state index contributed by atoms with van der Waals surface area (Å²) in [5, 5.41) is 0. The normalized spacial score (nSPS) is 15.5. The molecule has 4 N–H and O–H groups in total. The number of hydrogen-bond donors (Lipinski definition) is 2. The second-order valence-corrected chi connectivity index (χ2v) is 4.25. The van der Waals surface area contributed by atoms with E-state index < -0.39 is 0 Å². The van der Waals surface area contributed by atoms with Crippen molar-refractivity contribution in [1.82, 2.24) is 0 Å². The van der Waals surface area contributed by atoms with E-state index in [4.69, 9.17) is 11.5 Å². The van der Waals surface area contributed by atoms with E-state index in [9.17, 15) is 0 Å². The minimum absolute atomic E-state index is 0.0189. The number of halogens is 1. The molecule has 0 aliphatic heterocycles. The zero-order chi connectivity index (χ0) is 10.0. The SMILES string of the molecule is Cc1ccc(C(N)C(C)N)cc1Br. The van der Waals surface area contributed by atoms with Gasteiger partial charge in [0.1, 0.15) is 0 Å². The largest absolute Gasteiger partial charge is 0.326 e. The molecule has 0 saturated heterocycles. The molecule has 1 aromatic rings. The minimum atomic E-state index is -0.0862. The van der Waals surface area contributed by atoms with Crippen molar-refractivity contribution < 1.29 is 0 Å². The van der Waals surface area contributed by atoms with Gasteiger partial charge in [0, 0.05) is 16.6 Å². The Morgan fingerprint density at radius 3 is 2.38 bits per heavy atom. The van der Waals surface area contributed by atoms with Gasteiger partial charge in [-0.1, -0.05) is 28.1 Å². The van der Waals surface area contributed by atoms with Crippen LogP contribution in [0.2, 0.25) is 0 Å². The summed E-state index contributed by atoms with van der Waals surface area (Å²) in [6.45, 7) is 3.96. The molecule has 0 amide bonds. The molecule has 0 aliphatic carbocycles. The summed E-state index contributed by atoms with van der Waals surface area (Å²) in [5.74, 6) is 0. The van der Waals surface area contributed by atoms with E-state index in [1.54, 1.807) is 0 Å². The fourth-order valence-corrected chi connectivity index (χ4v) is 1.52. The third kappa shape index (κ3) is 2.53. The lowest BCUT2D eigenvalue weighted by atomic mass is 10.0. The van der Waals surface area contributed by atoms with Gasteiger partial charge in [-0.15, -0.1) is 0 Å². The quantitative estimate of drug-likeness (QED) is 0.835. The van der Waals surface area contributed by atoms with Crippen molar-refractivity contribution in [3.63, 3.8) is 0 Å². The van der Waals surface area contributed by atoms with Crippen molar-refractivity contribution in [3.8, 4) is 0 Å². The average molecular weight is 243 g/mol. The zero-order valence-electron chi connectivity index (χ0n) is 7.92. The van der Waals surface area contributed by atoms with Gasteiger partial charge in [0.2, 0.25) is 0 Å². The summed E-state index contributed by atoms with van der Waals surface area (Å²) >= 11 is 3.47. The molecular formula is C10H15BrN2. The van der Waals surface area contributed by atoms with E-state index in [0.717, 1.165) is 10.0 Å². The first-order valence-electron chi connectivity index (χ1n) is 4.29. The Bertz CT molecular complexity index is 297. The summed E-state index contributed by atoms with van der Waals surface area (Å²) in [4.78, 5) is 0. The van der Waals surface area contributed by atoms with Crippen LogP contribution in [0.15, 0.2) is 22.7 Å². The molecule has 13 heavy (non-hydrogen) atoms. The average Bonchev–Trinajstić information content (AvgIpc) is 2.08. The molecule has 72 valence electrons. The number of nitrogens with two attached hydrogens (primary N) is 2. The Kier molecular flexibility index (Phi) is 3.47. The van der Waals surface area contributed by atoms with Gasteiger partial charge >= 0.3 is 0 Å². The first-order chi connectivity index (χ1) is 6.02. The van der Waals surface area contributed by atoms with E-state index in [-0.39, 0.29) is 12.1 Å². The molecule has 0 spiro atoms. The van der Waals surface area contributed by atoms with Gasteiger partial charge in [0.25, 0.3) is 0 Å². The fraction of sp³-hybridized carbons (Fsp3) is 0.400. The Morgan fingerprint density at radius 2 is 1.92 bits per heavy atom. The van der Waals surface area contributed by atoms with Crippen molar-refractivity contribution in [2.75, 3.05) is 0 Å². The van der Waals surface area contributed by atoms with Crippen molar-refractivity contribution >= 4 is 15.9 Å². The van der Waals surface area contributed by atoms with Crippen molar-refractivity contribution in [1.29, 1.82) is 0 Å². The van der Waals surface area contributed by atoms with E-state index in [1.807, 2.05) is 32.0 Å². The summed E-state index contributed by atoms with van der Waals surface area (Å²) in [5.41, 5.74) is 13.9. The molecule has 0 fully saturated rings. The Morgan fingerprint density at radius 1 is 1.31 bits per heavy atom. The maximum atomic E-state index is 5.91. The smallest absolute Gasteiger partial charge is 0.0446 e. The first-order valence-corrected chi connectivity index (χ1v) is 5.09. The summed E-state index contributed by atoms with van der Waals surface area (Å²) in [6, 6.07) is 5.99. The molecule has 2 unspecified atom stereocenters. The van der Waals surface area contributed by atoms with Gasteiger partial charge < -0.3 is 11.5 Å². The second kappa shape index (κ2) is 4.22. The van der Waals surface area contributed by atoms with Crippen molar-refractivity contribution in [2.24, 2.45) is 11.5 Å². The molecule has 0 aromatic heterocycles. The standard InChI is InChI=1S/C10H15BrN2/c1-6-3-4-8(5-9(6)11)10(13)7(2)12/h3-5,7,10H,12-13H2,1-2H3. The summed E-state index contributed by atoms with van der Waals surface area (Å²) in [6.07, 6.45) is 0. The molecule has 1 rings (SSSR count). The highest BCUT2D eigenvalue weighted by molar-refractivity contribution is 9.10. The van der Waals surface area contributed by atoms with Crippen LogP contribution >= 0.6 is 15.9 Å².